The fraction of sp³-hybridized carbons (Fsp3) is 0.286. The maximum Gasteiger partial charge on any atom is 0.490 e. The number of aryl methyl sites for hydroxylation is 1. The quantitative estimate of drug-likeness (QED) is 0.343. The van der Waals surface area contributed by atoms with Crippen LogP contribution in [0.3, 0.4) is 0 Å². The van der Waals surface area contributed by atoms with Crippen molar-refractivity contribution in [3.8, 4) is 5.75 Å². The lowest BCUT2D eigenvalue weighted by molar-refractivity contribution is -0.192. The van der Waals surface area contributed by atoms with Crippen LogP contribution in [0.5, 0.6) is 5.75 Å². The van der Waals surface area contributed by atoms with E-state index >= 15 is 0 Å². The normalized spacial score (nSPS) is 15.3. The summed E-state index contributed by atoms with van der Waals surface area (Å²) in [5.74, 6) is -3.33. The van der Waals surface area contributed by atoms with Gasteiger partial charge in [-0.25, -0.2) is 18.0 Å². The number of benzene rings is 3. The van der Waals surface area contributed by atoms with E-state index in [4.69, 9.17) is 14.6 Å². The molecule has 1 heterocycles. The van der Waals surface area contributed by atoms with Crippen LogP contribution in [-0.2, 0) is 14.8 Å². The SMILES string of the molecule is COc1ccc(S(=O)(=O)Nc2ccc(N3CCN(c4cccc(C)c4)C(C)C3)c(C(=O)O)c2)cc1.O=C(O)C(F)(F)F. The number of aliphatic carboxylic acids is 1. The Labute approximate surface area is 241 Å². The van der Waals surface area contributed by atoms with Crippen molar-refractivity contribution >= 4 is 39.0 Å². The highest BCUT2D eigenvalue weighted by Crippen LogP contribution is 2.30. The average Bonchev–Trinajstić information content (AvgIpc) is 2.92. The number of nitrogens with zero attached hydrogens (tertiary/aromatic N) is 2. The molecule has 0 radical (unpaired) electrons. The fourth-order valence-corrected chi connectivity index (χ4v) is 5.43. The van der Waals surface area contributed by atoms with Gasteiger partial charge in [0.15, 0.2) is 0 Å². The van der Waals surface area contributed by atoms with E-state index in [9.17, 15) is 31.5 Å². The molecular formula is C28H30F3N3O7S. The summed E-state index contributed by atoms with van der Waals surface area (Å²) in [5, 5.41) is 17.0. The molecule has 1 saturated heterocycles. The molecule has 3 N–H and O–H groups in total. The molecule has 0 aliphatic carbocycles. The highest BCUT2D eigenvalue weighted by molar-refractivity contribution is 7.92. The molecule has 0 amide bonds. The van der Waals surface area contributed by atoms with Crippen LogP contribution in [0.2, 0.25) is 0 Å². The number of hydrogen-bond acceptors (Lipinski definition) is 7. The van der Waals surface area contributed by atoms with Crippen molar-refractivity contribution < 1.29 is 46.1 Å². The largest absolute Gasteiger partial charge is 0.497 e. The minimum atomic E-state index is -5.08. The Hall–Kier alpha value is -4.46. The number of nitrogens with one attached hydrogen (secondary N) is 1. The molecule has 10 nitrogen and oxygen atoms in total. The van der Waals surface area contributed by atoms with Gasteiger partial charge >= 0.3 is 18.1 Å². The van der Waals surface area contributed by atoms with E-state index in [2.05, 4.69) is 41.7 Å². The van der Waals surface area contributed by atoms with Crippen molar-refractivity contribution in [3.05, 3.63) is 77.9 Å². The van der Waals surface area contributed by atoms with E-state index in [1.807, 2.05) is 11.0 Å². The first kappa shape index (κ1) is 32.1. The van der Waals surface area contributed by atoms with Gasteiger partial charge in [-0.2, -0.15) is 13.2 Å². The molecule has 1 unspecified atom stereocenters. The minimum absolute atomic E-state index is 0.0520. The summed E-state index contributed by atoms with van der Waals surface area (Å²) in [5.41, 5.74) is 3.15. The zero-order chi connectivity index (χ0) is 31.2. The molecule has 3 aromatic rings. The van der Waals surface area contributed by atoms with Crippen molar-refractivity contribution in [2.45, 2.75) is 31.0 Å². The molecule has 1 fully saturated rings. The highest BCUT2D eigenvalue weighted by Gasteiger charge is 2.38. The highest BCUT2D eigenvalue weighted by atomic mass is 32.2. The Morgan fingerprint density at radius 2 is 1.64 bits per heavy atom. The van der Waals surface area contributed by atoms with Crippen LogP contribution < -0.4 is 19.3 Å². The molecule has 14 heteroatoms. The Bertz CT molecular complexity index is 1530. The summed E-state index contributed by atoms with van der Waals surface area (Å²) in [6.07, 6.45) is -5.08. The number of carboxylic acids is 2. The van der Waals surface area contributed by atoms with Crippen LogP contribution in [0.15, 0.2) is 71.6 Å². The molecule has 3 aromatic carbocycles. The number of rotatable bonds is 7. The molecule has 0 bridgehead atoms. The van der Waals surface area contributed by atoms with Gasteiger partial charge in [0.1, 0.15) is 5.75 Å². The van der Waals surface area contributed by atoms with Gasteiger partial charge < -0.3 is 24.7 Å². The molecule has 1 aliphatic heterocycles. The number of carbonyl (C=O) groups is 2. The summed E-state index contributed by atoms with van der Waals surface area (Å²) in [4.78, 5) is 25.4. The summed E-state index contributed by atoms with van der Waals surface area (Å²) in [6.45, 7) is 6.22. The molecule has 0 aromatic heterocycles. The van der Waals surface area contributed by atoms with Gasteiger partial charge in [0.25, 0.3) is 10.0 Å². The first-order chi connectivity index (χ1) is 19.6. The molecule has 4 rings (SSSR count). The van der Waals surface area contributed by atoms with Crippen molar-refractivity contribution in [1.29, 1.82) is 0 Å². The summed E-state index contributed by atoms with van der Waals surface area (Å²) in [7, 11) is -2.39. The van der Waals surface area contributed by atoms with E-state index in [0.717, 1.165) is 12.2 Å². The number of sulfonamides is 1. The maximum absolute atomic E-state index is 12.8. The van der Waals surface area contributed by atoms with Gasteiger partial charge in [-0.05, 0) is 74.0 Å². The number of hydrogen-bond donors (Lipinski definition) is 3. The predicted molar refractivity (Wildman–Crippen MR) is 151 cm³/mol. The van der Waals surface area contributed by atoms with E-state index < -0.39 is 28.1 Å². The lowest BCUT2D eigenvalue weighted by Crippen LogP contribution is -2.52. The van der Waals surface area contributed by atoms with Crippen LogP contribution in [0.25, 0.3) is 0 Å². The van der Waals surface area contributed by atoms with Crippen molar-refractivity contribution in [2.24, 2.45) is 0 Å². The smallest absolute Gasteiger partial charge is 0.490 e. The Kier molecular flexibility index (Phi) is 9.94. The predicted octanol–water partition coefficient (Wildman–Crippen LogP) is 4.85. The van der Waals surface area contributed by atoms with E-state index in [1.165, 1.54) is 30.9 Å². The number of methoxy groups -OCH3 is 1. The molecule has 42 heavy (non-hydrogen) atoms. The van der Waals surface area contributed by atoms with Crippen molar-refractivity contribution in [2.75, 3.05) is 41.3 Å². The van der Waals surface area contributed by atoms with Crippen LogP contribution in [0.4, 0.5) is 30.2 Å². The summed E-state index contributed by atoms with van der Waals surface area (Å²) < 4.78 is 64.9. The molecule has 1 atom stereocenters. The van der Waals surface area contributed by atoms with E-state index in [1.54, 1.807) is 24.3 Å². The molecule has 226 valence electrons. The average molecular weight is 610 g/mol. The number of ether oxygens (including phenoxy) is 1. The van der Waals surface area contributed by atoms with Gasteiger partial charge in [0, 0.05) is 37.1 Å². The van der Waals surface area contributed by atoms with Gasteiger partial charge in [-0.15, -0.1) is 0 Å². The monoisotopic (exact) mass is 609 g/mol. The van der Waals surface area contributed by atoms with E-state index in [-0.39, 0.29) is 22.2 Å². The van der Waals surface area contributed by atoms with E-state index in [0.29, 0.717) is 24.5 Å². The second-order valence-electron chi connectivity index (χ2n) is 9.45. The number of carboxylic acid groups (broad SMARTS) is 2. The third-order valence-electron chi connectivity index (χ3n) is 6.39. The molecular weight excluding hydrogens is 579 g/mol. The Morgan fingerprint density at radius 1 is 1.00 bits per heavy atom. The second kappa shape index (κ2) is 13.0. The standard InChI is InChI=1S/C26H29N3O5S.C2HF3O2/c1-18-5-4-6-21(15-18)29-14-13-28(17-19(29)2)25-12-7-20(16-24(25)26(30)31)27-35(32,33)23-10-8-22(34-3)9-11-23;3-2(4,5)1(6)7/h4-12,15-16,19,27H,13-14,17H2,1-3H3,(H,30,31);(H,6,7). The maximum atomic E-state index is 12.8. The number of halogens is 3. The lowest BCUT2D eigenvalue weighted by atomic mass is 10.1. The first-order valence-electron chi connectivity index (χ1n) is 12.5. The number of anilines is 3. The van der Waals surface area contributed by atoms with Gasteiger partial charge in [-0.1, -0.05) is 12.1 Å². The zero-order valence-corrected chi connectivity index (χ0v) is 23.7. The van der Waals surface area contributed by atoms with Crippen molar-refractivity contribution in [1.82, 2.24) is 0 Å². The third kappa shape index (κ3) is 8.06. The second-order valence-corrected chi connectivity index (χ2v) is 11.1. The summed E-state index contributed by atoms with van der Waals surface area (Å²) >= 11 is 0. The zero-order valence-electron chi connectivity index (χ0n) is 22.9. The van der Waals surface area contributed by atoms with Crippen LogP contribution in [0.1, 0.15) is 22.8 Å². The van der Waals surface area contributed by atoms with Crippen LogP contribution in [-0.4, -0.2) is 69.5 Å². The molecule has 0 spiro atoms. The first-order valence-corrected chi connectivity index (χ1v) is 14.0. The van der Waals surface area contributed by atoms with Crippen LogP contribution in [0, 0.1) is 6.92 Å². The number of piperazine rings is 1. The fourth-order valence-electron chi connectivity index (χ4n) is 4.38. The van der Waals surface area contributed by atoms with Gasteiger partial charge in [0.05, 0.1) is 23.3 Å². The van der Waals surface area contributed by atoms with Crippen LogP contribution >= 0.6 is 0 Å². The van der Waals surface area contributed by atoms with Gasteiger partial charge in [-0.3, -0.25) is 4.72 Å². The molecule has 1 aliphatic rings. The number of aromatic carboxylic acids is 1. The Balaban J connectivity index is 0.000000616. The third-order valence-corrected chi connectivity index (χ3v) is 7.79. The topological polar surface area (TPSA) is 136 Å². The number of alkyl halides is 3. The Morgan fingerprint density at radius 3 is 2.17 bits per heavy atom. The van der Waals surface area contributed by atoms with Gasteiger partial charge in [0.2, 0.25) is 0 Å². The molecule has 0 saturated carbocycles. The lowest BCUT2D eigenvalue weighted by Gasteiger charge is -2.42. The minimum Gasteiger partial charge on any atom is -0.497 e. The van der Waals surface area contributed by atoms with Crippen molar-refractivity contribution in [3.63, 3.8) is 0 Å². The summed E-state index contributed by atoms with van der Waals surface area (Å²) in [6, 6.07) is 19.1.